The molecule has 0 spiro atoms. The lowest BCUT2D eigenvalue weighted by Crippen LogP contribution is -2.31. The van der Waals surface area contributed by atoms with Crippen LogP contribution in [0.2, 0.25) is 0 Å². The van der Waals surface area contributed by atoms with E-state index in [1.165, 1.54) is 28.6 Å². The number of allylic oxidation sites excluding steroid dienone is 2. The number of nitrogens with zero attached hydrogens (tertiary/aromatic N) is 1. The van der Waals surface area contributed by atoms with E-state index in [9.17, 15) is 0 Å². The highest BCUT2D eigenvalue weighted by Gasteiger charge is 2.23. The summed E-state index contributed by atoms with van der Waals surface area (Å²) < 4.78 is 13.1. The van der Waals surface area contributed by atoms with Gasteiger partial charge in [-0.3, -0.25) is 0 Å². The van der Waals surface area contributed by atoms with Crippen molar-refractivity contribution in [3.63, 3.8) is 0 Å². The summed E-state index contributed by atoms with van der Waals surface area (Å²) in [6.07, 6.45) is 7.10. The molecule has 3 rings (SSSR count). The van der Waals surface area contributed by atoms with Gasteiger partial charge in [0.25, 0.3) is 0 Å². The molecule has 0 amide bonds. The number of hydrogen-bond donors (Lipinski definition) is 2. The van der Waals surface area contributed by atoms with Gasteiger partial charge in [0.15, 0.2) is 11.5 Å². The third-order valence-corrected chi connectivity index (χ3v) is 5.58. The van der Waals surface area contributed by atoms with Crippen molar-refractivity contribution < 1.29 is 9.47 Å². The summed E-state index contributed by atoms with van der Waals surface area (Å²) in [5.41, 5.74) is 5.93. The highest BCUT2D eigenvalue weighted by Crippen LogP contribution is 2.33. The fourth-order valence-corrected chi connectivity index (χ4v) is 4.07. The molecule has 0 aliphatic heterocycles. The highest BCUT2D eigenvalue weighted by molar-refractivity contribution is 5.89. The predicted octanol–water partition coefficient (Wildman–Crippen LogP) is 4.26. The summed E-state index contributed by atoms with van der Waals surface area (Å²) in [7, 11) is 7.47. The Morgan fingerprint density at radius 2 is 2.00 bits per heavy atom. The van der Waals surface area contributed by atoms with Gasteiger partial charge in [0.1, 0.15) is 0 Å². The summed E-state index contributed by atoms with van der Waals surface area (Å²) in [6.45, 7) is 6.02. The SMILES string of the molecule is C=C(/C=C(OC)\C(=C/C)OC)Nc1ccc2c3c(n(C)c2c1)CCC(NC)C3. The van der Waals surface area contributed by atoms with Crippen LogP contribution in [0.3, 0.4) is 0 Å². The molecular formula is C23H31N3O2. The molecule has 1 atom stereocenters. The molecule has 150 valence electrons. The molecule has 1 aliphatic carbocycles. The number of likely N-dealkylation sites (N-methyl/N-ethyl adjacent to an activating group) is 1. The normalized spacial score (nSPS) is 17.4. The predicted molar refractivity (Wildman–Crippen MR) is 116 cm³/mol. The fraction of sp³-hybridized carbons (Fsp3) is 0.391. The number of nitrogens with one attached hydrogen (secondary N) is 2. The third-order valence-electron chi connectivity index (χ3n) is 5.58. The Morgan fingerprint density at radius 1 is 1.25 bits per heavy atom. The largest absolute Gasteiger partial charge is 0.493 e. The molecule has 0 fully saturated rings. The Balaban J connectivity index is 1.87. The van der Waals surface area contributed by atoms with E-state index in [-0.39, 0.29) is 0 Å². The minimum Gasteiger partial charge on any atom is -0.493 e. The summed E-state index contributed by atoms with van der Waals surface area (Å²) in [5.74, 6) is 1.31. The number of aryl methyl sites for hydroxylation is 1. The quantitative estimate of drug-likeness (QED) is 0.556. The zero-order chi connectivity index (χ0) is 20.3. The smallest absolute Gasteiger partial charge is 0.162 e. The first-order chi connectivity index (χ1) is 13.5. The van der Waals surface area contributed by atoms with Gasteiger partial charge in [-0.05, 0) is 57.0 Å². The van der Waals surface area contributed by atoms with Crippen LogP contribution in [0.15, 0.2) is 54.1 Å². The Bertz CT molecular complexity index is 937. The molecule has 5 nitrogen and oxygen atoms in total. The number of fused-ring (bicyclic) bond motifs is 3. The van der Waals surface area contributed by atoms with Crippen LogP contribution in [0.1, 0.15) is 24.6 Å². The van der Waals surface area contributed by atoms with Crippen LogP contribution in [0.5, 0.6) is 0 Å². The lowest BCUT2D eigenvalue weighted by atomic mass is 9.91. The Morgan fingerprint density at radius 3 is 2.64 bits per heavy atom. The lowest BCUT2D eigenvalue weighted by Gasteiger charge is -2.22. The standard InChI is InChI=1S/C23H31N3O2/c1-7-22(27-5)23(28-6)12-15(2)25-17-8-10-18-19-13-16(24-3)9-11-20(19)26(4)21(18)14-17/h7-8,10,12,14,16,24-25H,2,9,11,13H2,1,3-6H3/b22-7+,23-12+. The number of rotatable bonds is 7. The van der Waals surface area contributed by atoms with E-state index in [1.807, 2.05) is 19.1 Å². The monoisotopic (exact) mass is 381 g/mol. The van der Waals surface area contributed by atoms with E-state index >= 15 is 0 Å². The average molecular weight is 382 g/mol. The number of ether oxygens (including phenoxy) is 2. The Hall–Kier alpha value is -2.66. The minimum absolute atomic E-state index is 0.565. The maximum Gasteiger partial charge on any atom is 0.162 e. The van der Waals surface area contributed by atoms with Crippen LogP contribution in [0.4, 0.5) is 5.69 Å². The van der Waals surface area contributed by atoms with Gasteiger partial charge in [0.05, 0.1) is 19.7 Å². The molecule has 1 unspecified atom stereocenters. The maximum absolute atomic E-state index is 5.42. The second kappa shape index (κ2) is 8.57. The molecule has 0 saturated carbocycles. The van der Waals surface area contributed by atoms with E-state index in [0.717, 1.165) is 24.2 Å². The van der Waals surface area contributed by atoms with Crippen LogP contribution >= 0.6 is 0 Å². The number of anilines is 1. The molecule has 1 heterocycles. The molecule has 2 N–H and O–H groups in total. The summed E-state index contributed by atoms with van der Waals surface area (Å²) in [5, 5.41) is 8.15. The fourth-order valence-electron chi connectivity index (χ4n) is 4.07. The molecule has 0 bridgehead atoms. The van der Waals surface area contributed by atoms with Crippen LogP contribution in [-0.2, 0) is 29.4 Å². The molecule has 5 heteroatoms. The molecule has 1 aliphatic rings. The van der Waals surface area contributed by atoms with E-state index in [4.69, 9.17) is 9.47 Å². The summed E-state index contributed by atoms with van der Waals surface area (Å²) in [4.78, 5) is 0. The Labute approximate surface area is 167 Å². The highest BCUT2D eigenvalue weighted by atomic mass is 16.5. The molecule has 0 saturated heterocycles. The molecule has 2 aromatic rings. The summed E-state index contributed by atoms with van der Waals surface area (Å²) >= 11 is 0. The molecule has 1 aromatic heterocycles. The van der Waals surface area contributed by atoms with Crippen molar-refractivity contribution in [1.82, 2.24) is 9.88 Å². The maximum atomic E-state index is 5.42. The third kappa shape index (κ3) is 3.80. The van der Waals surface area contributed by atoms with Gasteiger partial charge in [-0.2, -0.15) is 0 Å². The van der Waals surface area contributed by atoms with E-state index < -0.39 is 0 Å². The van der Waals surface area contributed by atoms with Crippen molar-refractivity contribution in [2.75, 3.05) is 26.6 Å². The lowest BCUT2D eigenvalue weighted by molar-refractivity contribution is 0.219. The van der Waals surface area contributed by atoms with Gasteiger partial charge in [-0.15, -0.1) is 0 Å². The number of aromatic nitrogens is 1. The first kappa shape index (κ1) is 20.1. The number of benzene rings is 1. The van der Waals surface area contributed by atoms with E-state index in [2.05, 4.69) is 54.1 Å². The zero-order valence-electron chi connectivity index (χ0n) is 17.6. The van der Waals surface area contributed by atoms with Crippen LogP contribution in [0, 0.1) is 0 Å². The van der Waals surface area contributed by atoms with Crippen LogP contribution in [0.25, 0.3) is 10.9 Å². The van der Waals surface area contributed by atoms with Crippen molar-refractivity contribution in [3.05, 3.63) is 65.4 Å². The second-order valence-electron chi connectivity index (χ2n) is 7.16. The van der Waals surface area contributed by atoms with Crippen LogP contribution in [-0.4, -0.2) is 31.9 Å². The van der Waals surface area contributed by atoms with E-state index in [1.54, 1.807) is 14.2 Å². The molecule has 28 heavy (non-hydrogen) atoms. The minimum atomic E-state index is 0.565. The van der Waals surface area contributed by atoms with Crippen molar-refractivity contribution in [1.29, 1.82) is 0 Å². The summed E-state index contributed by atoms with van der Waals surface area (Å²) in [6, 6.07) is 7.09. The van der Waals surface area contributed by atoms with Gasteiger partial charge in [-0.1, -0.05) is 12.6 Å². The molecular weight excluding hydrogens is 350 g/mol. The second-order valence-corrected chi connectivity index (χ2v) is 7.16. The first-order valence-corrected chi connectivity index (χ1v) is 9.72. The van der Waals surface area contributed by atoms with Gasteiger partial charge >= 0.3 is 0 Å². The van der Waals surface area contributed by atoms with Crippen molar-refractivity contribution >= 4 is 16.6 Å². The van der Waals surface area contributed by atoms with Gasteiger partial charge in [0.2, 0.25) is 0 Å². The van der Waals surface area contributed by atoms with Gasteiger partial charge in [0, 0.05) is 41.6 Å². The van der Waals surface area contributed by atoms with Gasteiger partial charge < -0.3 is 24.7 Å². The molecule has 0 radical (unpaired) electrons. The van der Waals surface area contributed by atoms with Gasteiger partial charge in [-0.25, -0.2) is 0 Å². The van der Waals surface area contributed by atoms with Crippen molar-refractivity contribution in [2.45, 2.75) is 32.2 Å². The number of hydrogen-bond acceptors (Lipinski definition) is 4. The van der Waals surface area contributed by atoms with Crippen LogP contribution < -0.4 is 10.6 Å². The first-order valence-electron chi connectivity index (χ1n) is 9.72. The molecule has 1 aromatic carbocycles. The topological polar surface area (TPSA) is 47.5 Å². The van der Waals surface area contributed by atoms with Crippen molar-refractivity contribution in [2.24, 2.45) is 7.05 Å². The van der Waals surface area contributed by atoms with E-state index in [0.29, 0.717) is 17.6 Å². The number of methoxy groups -OCH3 is 2. The zero-order valence-corrected chi connectivity index (χ0v) is 17.6. The Kier molecular flexibility index (Phi) is 6.15. The van der Waals surface area contributed by atoms with Crippen molar-refractivity contribution in [3.8, 4) is 0 Å². The average Bonchev–Trinajstić information content (AvgIpc) is 2.99.